The molecule has 0 unspecified atom stereocenters. The van der Waals surface area contributed by atoms with Crippen LogP contribution in [0.4, 0.5) is 0 Å². The van der Waals surface area contributed by atoms with E-state index < -0.39 is 0 Å². The molecule has 0 bridgehead atoms. The van der Waals surface area contributed by atoms with Gasteiger partial charge in [0.1, 0.15) is 18.2 Å². The predicted octanol–water partition coefficient (Wildman–Crippen LogP) is 2.23. The molecular formula is C15H15N3O3. The third-order valence-electron chi connectivity index (χ3n) is 3.03. The number of nitrogens with zero attached hydrogens (tertiary/aromatic N) is 1. The first-order chi connectivity index (χ1) is 10.3. The number of H-pyrrole nitrogens is 1. The minimum absolute atomic E-state index is 0.262. The van der Waals surface area contributed by atoms with E-state index in [4.69, 9.17) is 9.15 Å². The van der Waals surface area contributed by atoms with E-state index in [1.54, 1.807) is 19.2 Å². The summed E-state index contributed by atoms with van der Waals surface area (Å²) in [4.78, 5) is 19.5. The fourth-order valence-electron chi connectivity index (χ4n) is 2.06. The van der Waals surface area contributed by atoms with Crippen molar-refractivity contribution < 1.29 is 13.9 Å². The molecule has 0 saturated heterocycles. The number of methoxy groups -OCH3 is 1. The van der Waals surface area contributed by atoms with Gasteiger partial charge in [-0.2, -0.15) is 0 Å². The van der Waals surface area contributed by atoms with Crippen LogP contribution in [0.5, 0.6) is 0 Å². The van der Waals surface area contributed by atoms with Gasteiger partial charge in [0.05, 0.1) is 17.6 Å². The molecule has 108 valence electrons. The van der Waals surface area contributed by atoms with Gasteiger partial charge < -0.3 is 19.5 Å². The van der Waals surface area contributed by atoms with E-state index in [2.05, 4.69) is 15.3 Å². The second-order valence-electron chi connectivity index (χ2n) is 4.58. The number of amides is 1. The lowest BCUT2D eigenvalue weighted by Gasteiger charge is -2.00. The molecule has 2 N–H and O–H groups in total. The summed E-state index contributed by atoms with van der Waals surface area (Å²) < 4.78 is 10.3. The van der Waals surface area contributed by atoms with Crippen molar-refractivity contribution in [3.63, 3.8) is 0 Å². The highest BCUT2D eigenvalue weighted by Crippen LogP contribution is 2.11. The third kappa shape index (κ3) is 2.95. The zero-order valence-corrected chi connectivity index (χ0v) is 11.6. The number of nitrogens with one attached hydrogen (secondary N) is 2. The van der Waals surface area contributed by atoms with Crippen LogP contribution < -0.4 is 5.32 Å². The van der Waals surface area contributed by atoms with Crippen molar-refractivity contribution in [3.05, 3.63) is 53.7 Å². The number of ether oxygens (including phenoxy) is 1. The quantitative estimate of drug-likeness (QED) is 0.753. The van der Waals surface area contributed by atoms with Gasteiger partial charge in [0.25, 0.3) is 5.91 Å². The maximum atomic E-state index is 12.0. The van der Waals surface area contributed by atoms with E-state index >= 15 is 0 Å². The van der Waals surface area contributed by atoms with E-state index in [1.807, 2.05) is 24.3 Å². The first kappa shape index (κ1) is 13.4. The lowest BCUT2D eigenvalue weighted by Crippen LogP contribution is -2.22. The Labute approximate surface area is 121 Å². The number of carbonyl (C=O) groups is 1. The van der Waals surface area contributed by atoms with Crippen LogP contribution in [0.1, 0.15) is 22.1 Å². The number of carbonyl (C=O) groups excluding carboxylic acids is 1. The molecule has 3 rings (SSSR count). The summed E-state index contributed by atoms with van der Waals surface area (Å²) >= 11 is 0. The molecule has 0 atom stereocenters. The molecule has 6 nitrogen and oxygen atoms in total. The number of aromatic nitrogens is 2. The molecule has 6 heteroatoms. The van der Waals surface area contributed by atoms with Crippen LogP contribution in [0.2, 0.25) is 0 Å². The Kier molecular flexibility index (Phi) is 3.70. The van der Waals surface area contributed by atoms with Gasteiger partial charge in [0, 0.05) is 7.11 Å². The largest absolute Gasteiger partial charge is 0.453 e. The van der Waals surface area contributed by atoms with E-state index in [9.17, 15) is 4.79 Å². The normalized spacial score (nSPS) is 10.9. The number of imidazole rings is 1. The van der Waals surface area contributed by atoms with Crippen molar-refractivity contribution in [2.75, 3.05) is 7.11 Å². The van der Waals surface area contributed by atoms with Crippen molar-refractivity contribution in [1.29, 1.82) is 0 Å². The van der Waals surface area contributed by atoms with E-state index in [1.165, 1.54) is 0 Å². The Bertz CT molecular complexity index is 727. The zero-order valence-electron chi connectivity index (χ0n) is 11.6. The second kappa shape index (κ2) is 5.80. The van der Waals surface area contributed by atoms with Crippen molar-refractivity contribution in [2.45, 2.75) is 13.2 Å². The molecule has 2 heterocycles. The molecule has 0 aliphatic carbocycles. The summed E-state index contributed by atoms with van der Waals surface area (Å²) in [6.07, 6.45) is 0. The maximum absolute atomic E-state index is 12.0. The van der Waals surface area contributed by atoms with Crippen LogP contribution in [0.15, 0.2) is 40.8 Å². The SMILES string of the molecule is COCc1ccc(C(=O)NCc2nc3ccccc3[nH]2)o1. The summed E-state index contributed by atoms with van der Waals surface area (Å²) in [5, 5.41) is 2.76. The summed E-state index contributed by atoms with van der Waals surface area (Å²) in [6, 6.07) is 11.1. The van der Waals surface area contributed by atoms with Crippen LogP contribution in [0.3, 0.4) is 0 Å². The van der Waals surface area contributed by atoms with Crippen molar-refractivity contribution in [1.82, 2.24) is 15.3 Å². The average Bonchev–Trinajstić information content (AvgIpc) is 3.11. The number of furan rings is 1. The molecule has 0 spiro atoms. The zero-order chi connectivity index (χ0) is 14.7. The van der Waals surface area contributed by atoms with Gasteiger partial charge in [0.2, 0.25) is 0 Å². The Morgan fingerprint density at radius 3 is 3.00 bits per heavy atom. The topological polar surface area (TPSA) is 80.1 Å². The monoisotopic (exact) mass is 285 g/mol. The molecule has 0 fully saturated rings. The lowest BCUT2D eigenvalue weighted by atomic mass is 10.3. The molecule has 0 radical (unpaired) electrons. The summed E-state index contributed by atoms with van der Waals surface area (Å²) in [7, 11) is 1.57. The summed E-state index contributed by atoms with van der Waals surface area (Å²) in [5.74, 6) is 1.30. The number of hydrogen-bond donors (Lipinski definition) is 2. The van der Waals surface area contributed by atoms with Crippen molar-refractivity contribution >= 4 is 16.9 Å². The smallest absolute Gasteiger partial charge is 0.287 e. The first-order valence-electron chi connectivity index (χ1n) is 6.56. The van der Waals surface area contributed by atoms with Crippen molar-refractivity contribution in [2.24, 2.45) is 0 Å². The van der Waals surface area contributed by atoms with Gasteiger partial charge >= 0.3 is 0 Å². The molecular weight excluding hydrogens is 270 g/mol. The van der Waals surface area contributed by atoms with Gasteiger partial charge in [-0.05, 0) is 24.3 Å². The molecule has 0 saturated carbocycles. The highest BCUT2D eigenvalue weighted by molar-refractivity contribution is 5.91. The van der Waals surface area contributed by atoms with Gasteiger partial charge in [-0.3, -0.25) is 4.79 Å². The van der Waals surface area contributed by atoms with Crippen molar-refractivity contribution in [3.8, 4) is 0 Å². The van der Waals surface area contributed by atoms with Crippen LogP contribution >= 0.6 is 0 Å². The Morgan fingerprint density at radius 2 is 2.19 bits per heavy atom. The molecule has 0 aliphatic heterocycles. The lowest BCUT2D eigenvalue weighted by molar-refractivity contribution is 0.0913. The first-order valence-corrected chi connectivity index (χ1v) is 6.56. The fraction of sp³-hybridized carbons (Fsp3) is 0.200. The van der Waals surface area contributed by atoms with Crippen LogP contribution in [0.25, 0.3) is 11.0 Å². The van der Waals surface area contributed by atoms with Gasteiger partial charge in [-0.25, -0.2) is 4.98 Å². The molecule has 21 heavy (non-hydrogen) atoms. The van der Waals surface area contributed by atoms with E-state index in [0.717, 1.165) is 11.0 Å². The van der Waals surface area contributed by atoms with Gasteiger partial charge in [-0.1, -0.05) is 12.1 Å². The minimum atomic E-state index is -0.280. The van der Waals surface area contributed by atoms with E-state index in [0.29, 0.717) is 24.7 Å². The number of fused-ring (bicyclic) bond motifs is 1. The summed E-state index contributed by atoms with van der Waals surface area (Å²) in [5.41, 5.74) is 1.82. The molecule has 1 aromatic carbocycles. The Balaban J connectivity index is 1.64. The standard InChI is InChI=1S/C15H15N3O3/c1-20-9-10-6-7-13(21-10)15(19)16-8-14-17-11-4-2-3-5-12(11)18-14/h2-7H,8-9H2,1H3,(H,16,19)(H,17,18). The Morgan fingerprint density at radius 1 is 1.33 bits per heavy atom. The number of aromatic amines is 1. The predicted molar refractivity (Wildman–Crippen MR) is 76.7 cm³/mol. The van der Waals surface area contributed by atoms with Crippen LogP contribution in [-0.2, 0) is 17.9 Å². The number of para-hydroxylation sites is 2. The number of benzene rings is 1. The highest BCUT2D eigenvalue weighted by Gasteiger charge is 2.11. The van der Waals surface area contributed by atoms with Crippen LogP contribution in [0, 0.1) is 0 Å². The maximum Gasteiger partial charge on any atom is 0.287 e. The summed E-state index contributed by atoms with van der Waals surface area (Å²) in [6.45, 7) is 0.657. The van der Waals surface area contributed by atoms with Crippen LogP contribution in [-0.4, -0.2) is 23.0 Å². The third-order valence-corrected chi connectivity index (χ3v) is 3.03. The van der Waals surface area contributed by atoms with E-state index in [-0.39, 0.29) is 11.7 Å². The Hall–Kier alpha value is -2.60. The molecule has 1 amide bonds. The average molecular weight is 285 g/mol. The highest BCUT2D eigenvalue weighted by atomic mass is 16.5. The fourth-order valence-corrected chi connectivity index (χ4v) is 2.06. The van der Waals surface area contributed by atoms with Gasteiger partial charge in [0.15, 0.2) is 5.76 Å². The number of rotatable bonds is 5. The molecule has 3 aromatic rings. The minimum Gasteiger partial charge on any atom is -0.453 e. The molecule has 0 aliphatic rings. The van der Waals surface area contributed by atoms with Gasteiger partial charge in [-0.15, -0.1) is 0 Å². The number of hydrogen-bond acceptors (Lipinski definition) is 4. The second-order valence-corrected chi connectivity index (χ2v) is 4.58. The molecule has 2 aromatic heterocycles.